The summed E-state index contributed by atoms with van der Waals surface area (Å²) in [6.07, 6.45) is 3.47. The lowest BCUT2D eigenvalue weighted by molar-refractivity contribution is -0.132. The second-order valence-corrected chi connectivity index (χ2v) is 6.51. The van der Waals surface area contributed by atoms with Crippen LogP contribution in [-0.4, -0.2) is 42.9 Å². The molecule has 2 amide bonds. The number of nitrogens with zero attached hydrogens (tertiary/aromatic N) is 1. The summed E-state index contributed by atoms with van der Waals surface area (Å²) in [5.74, 6) is 0.0486. The van der Waals surface area contributed by atoms with Crippen LogP contribution in [0.15, 0.2) is 30.3 Å². The zero-order chi connectivity index (χ0) is 16.7. The second-order valence-electron chi connectivity index (χ2n) is 6.51. The van der Waals surface area contributed by atoms with Crippen LogP contribution < -0.4 is 11.1 Å². The lowest BCUT2D eigenvalue weighted by Gasteiger charge is -2.39. The largest absolute Gasteiger partial charge is 0.356 e. The predicted molar refractivity (Wildman–Crippen MR) is 91.0 cm³/mol. The van der Waals surface area contributed by atoms with Crippen LogP contribution >= 0.6 is 0 Å². The van der Waals surface area contributed by atoms with Crippen molar-refractivity contribution in [2.45, 2.75) is 32.6 Å². The minimum atomic E-state index is -0.509. The fourth-order valence-corrected chi connectivity index (χ4v) is 3.05. The molecule has 1 saturated heterocycles. The average Bonchev–Trinajstić information content (AvgIpc) is 2.58. The van der Waals surface area contributed by atoms with Crippen molar-refractivity contribution in [1.82, 2.24) is 10.2 Å². The fourth-order valence-electron chi connectivity index (χ4n) is 3.05. The maximum absolute atomic E-state index is 12.6. The number of carbonyl (C=O) groups is 2. The number of nitrogens with two attached hydrogens (primary N) is 1. The SMILES string of the molecule is CC1(C(=O)NCCCCN)CCCN(C(=O)c2ccccc2)C1. The molecule has 2 rings (SSSR count). The Balaban J connectivity index is 1.96. The van der Waals surface area contributed by atoms with E-state index in [0.29, 0.717) is 31.7 Å². The molecule has 1 aromatic carbocycles. The Morgan fingerprint density at radius 1 is 1.26 bits per heavy atom. The van der Waals surface area contributed by atoms with Crippen LogP contribution in [0.1, 0.15) is 43.0 Å². The van der Waals surface area contributed by atoms with Crippen molar-refractivity contribution in [1.29, 1.82) is 0 Å². The molecule has 1 heterocycles. The summed E-state index contributed by atoms with van der Waals surface area (Å²) in [4.78, 5) is 26.9. The molecule has 5 nitrogen and oxygen atoms in total. The summed E-state index contributed by atoms with van der Waals surface area (Å²) in [6.45, 7) is 4.44. The van der Waals surface area contributed by atoms with Crippen molar-refractivity contribution in [3.8, 4) is 0 Å². The number of likely N-dealkylation sites (tertiary alicyclic amines) is 1. The highest BCUT2D eigenvalue weighted by Crippen LogP contribution is 2.30. The molecule has 1 aliphatic heterocycles. The van der Waals surface area contributed by atoms with Crippen LogP contribution in [0.3, 0.4) is 0 Å². The quantitative estimate of drug-likeness (QED) is 0.785. The topological polar surface area (TPSA) is 75.4 Å². The molecule has 1 unspecified atom stereocenters. The van der Waals surface area contributed by atoms with Crippen LogP contribution in [0.2, 0.25) is 0 Å². The van der Waals surface area contributed by atoms with Crippen molar-refractivity contribution >= 4 is 11.8 Å². The van der Waals surface area contributed by atoms with Crippen LogP contribution in [0.4, 0.5) is 0 Å². The molecule has 0 bridgehead atoms. The Hall–Kier alpha value is -1.88. The summed E-state index contributed by atoms with van der Waals surface area (Å²) in [7, 11) is 0. The van der Waals surface area contributed by atoms with Crippen LogP contribution in [0.25, 0.3) is 0 Å². The lowest BCUT2D eigenvalue weighted by atomic mass is 9.80. The van der Waals surface area contributed by atoms with Gasteiger partial charge in [0.25, 0.3) is 5.91 Å². The first-order chi connectivity index (χ1) is 11.1. The molecule has 0 saturated carbocycles. The Morgan fingerprint density at radius 2 is 2.00 bits per heavy atom. The molecule has 1 aliphatic rings. The minimum absolute atomic E-state index is 0.00690. The molecule has 1 atom stereocenters. The number of carbonyl (C=O) groups excluding carboxylic acids is 2. The van der Waals surface area contributed by atoms with E-state index < -0.39 is 5.41 Å². The Kier molecular flexibility index (Phi) is 6.16. The summed E-state index contributed by atoms with van der Waals surface area (Å²) >= 11 is 0. The van der Waals surface area contributed by atoms with Crippen LogP contribution in [0, 0.1) is 5.41 Å². The number of hydrogen-bond donors (Lipinski definition) is 2. The summed E-state index contributed by atoms with van der Waals surface area (Å²) in [5.41, 5.74) is 5.64. The third-order valence-corrected chi connectivity index (χ3v) is 4.47. The van der Waals surface area contributed by atoms with Gasteiger partial charge >= 0.3 is 0 Å². The number of hydrogen-bond acceptors (Lipinski definition) is 3. The van der Waals surface area contributed by atoms with Gasteiger partial charge in [-0.3, -0.25) is 9.59 Å². The van der Waals surface area contributed by atoms with E-state index in [2.05, 4.69) is 5.32 Å². The van der Waals surface area contributed by atoms with Gasteiger partial charge in [-0.05, 0) is 51.3 Å². The van der Waals surface area contributed by atoms with Crippen molar-refractivity contribution in [3.63, 3.8) is 0 Å². The summed E-state index contributed by atoms with van der Waals surface area (Å²) in [6, 6.07) is 9.26. The second kappa shape index (κ2) is 8.11. The molecule has 1 fully saturated rings. The Labute approximate surface area is 138 Å². The summed E-state index contributed by atoms with van der Waals surface area (Å²) < 4.78 is 0. The number of rotatable bonds is 6. The molecule has 0 aromatic heterocycles. The maximum Gasteiger partial charge on any atom is 0.253 e. The van der Waals surface area contributed by atoms with Gasteiger partial charge in [-0.15, -0.1) is 0 Å². The first-order valence-electron chi connectivity index (χ1n) is 8.39. The van der Waals surface area contributed by atoms with Gasteiger partial charge < -0.3 is 16.0 Å². The number of amides is 2. The normalized spacial score (nSPS) is 21.0. The molecular formula is C18H27N3O2. The Bertz CT molecular complexity index is 532. The van der Waals surface area contributed by atoms with Crippen molar-refractivity contribution in [2.24, 2.45) is 11.1 Å². The van der Waals surface area contributed by atoms with Crippen molar-refractivity contribution in [2.75, 3.05) is 26.2 Å². The molecule has 0 spiro atoms. The smallest absolute Gasteiger partial charge is 0.253 e. The first kappa shape index (κ1) is 17.5. The van der Waals surface area contributed by atoms with Gasteiger partial charge in [-0.2, -0.15) is 0 Å². The van der Waals surface area contributed by atoms with E-state index in [4.69, 9.17) is 5.73 Å². The third-order valence-electron chi connectivity index (χ3n) is 4.47. The van der Waals surface area contributed by atoms with Gasteiger partial charge in [0.2, 0.25) is 5.91 Å². The van der Waals surface area contributed by atoms with E-state index in [1.54, 1.807) is 4.90 Å². The van der Waals surface area contributed by atoms with E-state index in [1.165, 1.54) is 0 Å². The highest BCUT2D eigenvalue weighted by atomic mass is 16.2. The lowest BCUT2D eigenvalue weighted by Crippen LogP contribution is -2.52. The molecule has 0 radical (unpaired) electrons. The van der Waals surface area contributed by atoms with Crippen LogP contribution in [0.5, 0.6) is 0 Å². The zero-order valence-electron chi connectivity index (χ0n) is 13.9. The van der Waals surface area contributed by atoms with Crippen molar-refractivity contribution in [3.05, 3.63) is 35.9 Å². The fraction of sp³-hybridized carbons (Fsp3) is 0.556. The average molecular weight is 317 g/mol. The maximum atomic E-state index is 12.6. The molecular weight excluding hydrogens is 290 g/mol. The standard InChI is InChI=1S/C18H27N3O2/c1-18(17(23)20-12-6-5-11-19)10-7-13-21(14-18)16(22)15-8-3-2-4-9-15/h2-4,8-9H,5-7,10-14,19H2,1H3,(H,20,23). The van der Waals surface area contributed by atoms with E-state index in [1.807, 2.05) is 37.3 Å². The van der Waals surface area contributed by atoms with Gasteiger partial charge in [-0.25, -0.2) is 0 Å². The monoisotopic (exact) mass is 317 g/mol. The van der Waals surface area contributed by atoms with Crippen LogP contribution in [-0.2, 0) is 4.79 Å². The van der Waals surface area contributed by atoms with E-state index >= 15 is 0 Å². The highest BCUT2D eigenvalue weighted by molar-refractivity contribution is 5.95. The molecule has 126 valence electrons. The van der Waals surface area contributed by atoms with E-state index in [9.17, 15) is 9.59 Å². The molecule has 5 heteroatoms. The van der Waals surface area contributed by atoms with E-state index in [0.717, 1.165) is 25.7 Å². The minimum Gasteiger partial charge on any atom is -0.356 e. The third kappa shape index (κ3) is 4.55. The number of nitrogens with one attached hydrogen (secondary N) is 1. The van der Waals surface area contributed by atoms with E-state index in [-0.39, 0.29) is 11.8 Å². The zero-order valence-corrected chi connectivity index (χ0v) is 13.9. The van der Waals surface area contributed by atoms with Gasteiger partial charge in [0.15, 0.2) is 0 Å². The molecule has 23 heavy (non-hydrogen) atoms. The molecule has 1 aromatic rings. The first-order valence-corrected chi connectivity index (χ1v) is 8.39. The van der Waals surface area contributed by atoms with Gasteiger partial charge in [0.05, 0.1) is 5.41 Å². The predicted octanol–water partition coefficient (Wildman–Crippen LogP) is 1.78. The van der Waals surface area contributed by atoms with Gasteiger partial charge in [-0.1, -0.05) is 18.2 Å². The molecule has 3 N–H and O–H groups in total. The number of piperidine rings is 1. The number of benzene rings is 1. The van der Waals surface area contributed by atoms with Gasteiger partial charge in [0.1, 0.15) is 0 Å². The van der Waals surface area contributed by atoms with Gasteiger partial charge in [0, 0.05) is 25.2 Å². The highest BCUT2D eigenvalue weighted by Gasteiger charge is 2.39. The molecule has 0 aliphatic carbocycles. The number of unbranched alkanes of at least 4 members (excludes halogenated alkanes) is 1. The Morgan fingerprint density at radius 3 is 2.70 bits per heavy atom. The van der Waals surface area contributed by atoms with Crippen molar-refractivity contribution < 1.29 is 9.59 Å². The summed E-state index contributed by atoms with van der Waals surface area (Å²) in [5, 5.41) is 2.99.